The van der Waals surface area contributed by atoms with E-state index in [9.17, 15) is 10.1 Å². The fourth-order valence-corrected chi connectivity index (χ4v) is 4.72. The Morgan fingerprint density at radius 2 is 1.77 bits per heavy atom. The first-order valence-electron chi connectivity index (χ1n) is 13.1. The van der Waals surface area contributed by atoms with E-state index in [0.29, 0.717) is 35.4 Å². The molecule has 0 aliphatic carbocycles. The molecular formula is C30H30N6O3. The van der Waals surface area contributed by atoms with Crippen LogP contribution in [0.4, 0.5) is 0 Å². The number of hydrogen-bond acceptors (Lipinski definition) is 8. The maximum atomic E-state index is 12.5. The number of aromatic nitrogens is 4. The van der Waals surface area contributed by atoms with Crippen molar-refractivity contribution in [2.24, 2.45) is 5.92 Å². The van der Waals surface area contributed by atoms with Crippen LogP contribution in [0.15, 0.2) is 77.9 Å². The van der Waals surface area contributed by atoms with Crippen molar-refractivity contribution in [3.05, 3.63) is 94.5 Å². The Morgan fingerprint density at radius 1 is 1.00 bits per heavy atom. The van der Waals surface area contributed by atoms with Crippen LogP contribution in [0.5, 0.6) is 5.75 Å². The first kappa shape index (κ1) is 26.2. The molecule has 2 aromatic heterocycles. The molecule has 3 heterocycles. The van der Waals surface area contributed by atoms with Gasteiger partial charge in [-0.15, -0.1) is 0 Å². The van der Waals surface area contributed by atoms with Crippen molar-refractivity contribution in [2.75, 3.05) is 32.8 Å². The SMILES string of the molecule is N#Cc1cccc(-c2ccc(=O)n(Cc3cccc(-c4ncc(OCC5CCN(CCO)CC5)cn4)c3)n2)c1. The van der Waals surface area contributed by atoms with Crippen molar-refractivity contribution in [2.45, 2.75) is 19.4 Å². The number of aliphatic hydroxyl groups is 1. The highest BCUT2D eigenvalue weighted by atomic mass is 16.5. The molecule has 1 aliphatic rings. The van der Waals surface area contributed by atoms with Gasteiger partial charge in [-0.3, -0.25) is 4.79 Å². The summed E-state index contributed by atoms with van der Waals surface area (Å²) in [6.07, 6.45) is 5.50. The minimum Gasteiger partial charge on any atom is -0.490 e. The van der Waals surface area contributed by atoms with E-state index in [-0.39, 0.29) is 18.7 Å². The van der Waals surface area contributed by atoms with Gasteiger partial charge < -0.3 is 14.7 Å². The number of hydrogen-bond donors (Lipinski definition) is 1. The van der Waals surface area contributed by atoms with Crippen LogP contribution in [-0.4, -0.2) is 62.6 Å². The lowest BCUT2D eigenvalue weighted by molar-refractivity contribution is 0.121. The quantitative estimate of drug-likeness (QED) is 0.356. The Balaban J connectivity index is 1.23. The van der Waals surface area contributed by atoms with Crippen LogP contribution in [0.3, 0.4) is 0 Å². The molecule has 39 heavy (non-hydrogen) atoms. The molecule has 1 aliphatic heterocycles. The summed E-state index contributed by atoms with van der Waals surface area (Å²) in [6, 6.07) is 20.2. The second-order valence-electron chi connectivity index (χ2n) is 9.67. The smallest absolute Gasteiger partial charge is 0.267 e. The van der Waals surface area contributed by atoms with Gasteiger partial charge in [0.05, 0.1) is 49.5 Å². The van der Waals surface area contributed by atoms with Gasteiger partial charge in [-0.05, 0) is 61.7 Å². The lowest BCUT2D eigenvalue weighted by Gasteiger charge is -2.31. The van der Waals surface area contributed by atoms with E-state index in [4.69, 9.17) is 9.84 Å². The summed E-state index contributed by atoms with van der Waals surface area (Å²) in [5, 5.41) is 22.8. The van der Waals surface area contributed by atoms with E-state index < -0.39 is 0 Å². The fourth-order valence-electron chi connectivity index (χ4n) is 4.72. The molecule has 0 bridgehead atoms. The number of piperidine rings is 1. The van der Waals surface area contributed by atoms with E-state index in [0.717, 1.165) is 49.2 Å². The third kappa shape index (κ3) is 6.74. The summed E-state index contributed by atoms with van der Waals surface area (Å²) in [5.74, 6) is 1.70. The Kier molecular flexibility index (Phi) is 8.36. The van der Waals surface area contributed by atoms with Crippen LogP contribution in [0.25, 0.3) is 22.6 Å². The fraction of sp³-hybridized carbons (Fsp3) is 0.300. The monoisotopic (exact) mass is 522 g/mol. The number of benzene rings is 2. The van der Waals surface area contributed by atoms with Crippen molar-refractivity contribution in [3.63, 3.8) is 0 Å². The summed E-state index contributed by atoms with van der Waals surface area (Å²) < 4.78 is 7.37. The molecule has 0 amide bonds. The van der Waals surface area contributed by atoms with Crippen molar-refractivity contribution in [1.82, 2.24) is 24.6 Å². The van der Waals surface area contributed by atoms with Gasteiger partial charge in [-0.25, -0.2) is 14.6 Å². The number of likely N-dealkylation sites (tertiary alicyclic amines) is 1. The molecule has 9 heteroatoms. The molecule has 0 spiro atoms. The number of nitriles is 1. The lowest BCUT2D eigenvalue weighted by Crippen LogP contribution is -2.37. The lowest BCUT2D eigenvalue weighted by atomic mass is 9.98. The minimum absolute atomic E-state index is 0.204. The van der Waals surface area contributed by atoms with Gasteiger partial charge in [0.25, 0.3) is 5.56 Å². The summed E-state index contributed by atoms with van der Waals surface area (Å²) in [5.41, 5.74) is 3.45. The zero-order valence-electron chi connectivity index (χ0n) is 21.6. The Morgan fingerprint density at radius 3 is 2.54 bits per heavy atom. The van der Waals surface area contributed by atoms with E-state index >= 15 is 0 Å². The molecule has 0 radical (unpaired) electrons. The zero-order chi connectivity index (χ0) is 27.0. The van der Waals surface area contributed by atoms with E-state index in [1.807, 2.05) is 30.3 Å². The van der Waals surface area contributed by atoms with Gasteiger partial charge in [-0.1, -0.05) is 30.3 Å². The van der Waals surface area contributed by atoms with Crippen LogP contribution >= 0.6 is 0 Å². The number of nitrogens with zero attached hydrogens (tertiary/aromatic N) is 6. The van der Waals surface area contributed by atoms with E-state index in [1.54, 1.807) is 36.7 Å². The molecule has 1 saturated heterocycles. The van der Waals surface area contributed by atoms with Crippen molar-refractivity contribution >= 4 is 0 Å². The first-order chi connectivity index (χ1) is 19.1. The number of rotatable bonds is 9. The van der Waals surface area contributed by atoms with Crippen LogP contribution in [0, 0.1) is 17.2 Å². The summed E-state index contributed by atoms with van der Waals surface area (Å²) in [6.45, 7) is 3.84. The molecule has 4 aromatic rings. The number of β-amino-alcohol motifs (C(OH)–C–C–N with tert-alkyl or cyclic N) is 1. The Bertz CT molecular complexity index is 1500. The maximum Gasteiger partial charge on any atom is 0.267 e. The molecule has 5 rings (SSSR count). The standard InChI is InChI=1S/C30H30N6O3/c31-17-23-3-1-5-25(15-23)28-7-8-29(38)36(34-28)20-24-4-2-6-26(16-24)30-32-18-27(19-33-30)39-21-22-9-11-35(12-10-22)13-14-37/h1-8,15-16,18-19,22,37H,9-14,20-21H2. The third-order valence-electron chi connectivity index (χ3n) is 6.91. The normalized spacial score (nSPS) is 14.2. The van der Waals surface area contributed by atoms with Crippen molar-refractivity contribution < 1.29 is 9.84 Å². The summed E-state index contributed by atoms with van der Waals surface area (Å²) in [7, 11) is 0. The average Bonchev–Trinajstić information content (AvgIpc) is 2.98. The third-order valence-corrected chi connectivity index (χ3v) is 6.91. The highest BCUT2D eigenvalue weighted by molar-refractivity contribution is 5.60. The molecule has 0 unspecified atom stereocenters. The molecule has 9 nitrogen and oxygen atoms in total. The van der Waals surface area contributed by atoms with Crippen LogP contribution in [-0.2, 0) is 6.54 Å². The Hall–Kier alpha value is -4.39. The van der Waals surface area contributed by atoms with Gasteiger partial charge in [0, 0.05) is 23.7 Å². The van der Waals surface area contributed by atoms with E-state index in [2.05, 4.69) is 26.0 Å². The number of ether oxygens (including phenoxy) is 1. The summed E-state index contributed by atoms with van der Waals surface area (Å²) in [4.78, 5) is 23.8. The molecule has 1 N–H and O–H groups in total. The molecule has 198 valence electrons. The zero-order valence-corrected chi connectivity index (χ0v) is 21.6. The second kappa shape index (κ2) is 12.4. The van der Waals surface area contributed by atoms with Gasteiger partial charge in [0.15, 0.2) is 11.6 Å². The van der Waals surface area contributed by atoms with Crippen LogP contribution in [0.2, 0.25) is 0 Å². The molecule has 0 atom stereocenters. The predicted molar refractivity (Wildman–Crippen MR) is 147 cm³/mol. The average molecular weight is 523 g/mol. The highest BCUT2D eigenvalue weighted by Gasteiger charge is 2.19. The largest absolute Gasteiger partial charge is 0.490 e. The van der Waals surface area contributed by atoms with Crippen LogP contribution in [0.1, 0.15) is 24.0 Å². The van der Waals surface area contributed by atoms with Crippen LogP contribution < -0.4 is 10.3 Å². The van der Waals surface area contributed by atoms with E-state index in [1.165, 1.54) is 10.7 Å². The Labute approximate surface area is 227 Å². The van der Waals surface area contributed by atoms with Crippen molar-refractivity contribution in [3.8, 4) is 34.5 Å². The minimum atomic E-state index is -0.211. The molecule has 0 saturated carbocycles. The predicted octanol–water partition coefficient (Wildman–Crippen LogP) is 3.37. The highest BCUT2D eigenvalue weighted by Crippen LogP contribution is 2.22. The number of aliphatic hydroxyl groups excluding tert-OH is 1. The maximum absolute atomic E-state index is 12.5. The van der Waals surface area contributed by atoms with Gasteiger partial charge >= 0.3 is 0 Å². The van der Waals surface area contributed by atoms with Gasteiger partial charge in [0.1, 0.15) is 0 Å². The molecule has 1 fully saturated rings. The second-order valence-corrected chi connectivity index (χ2v) is 9.67. The van der Waals surface area contributed by atoms with Gasteiger partial charge in [-0.2, -0.15) is 10.4 Å². The molecular weight excluding hydrogens is 492 g/mol. The van der Waals surface area contributed by atoms with Crippen molar-refractivity contribution in [1.29, 1.82) is 5.26 Å². The summed E-state index contributed by atoms with van der Waals surface area (Å²) >= 11 is 0. The first-order valence-corrected chi connectivity index (χ1v) is 13.1. The molecule has 2 aromatic carbocycles. The topological polar surface area (TPSA) is 117 Å². The van der Waals surface area contributed by atoms with Gasteiger partial charge in [0.2, 0.25) is 0 Å².